The van der Waals surface area contributed by atoms with Crippen LogP contribution in [0.3, 0.4) is 0 Å². The van der Waals surface area contributed by atoms with Crippen molar-refractivity contribution in [3.63, 3.8) is 0 Å². The van der Waals surface area contributed by atoms with Gasteiger partial charge in [0.2, 0.25) is 5.91 Å². The van der Waals surface area contributed by atoms with Gasteiger partial charge in [0.25, 0.3) is 0 Å². The third kappa shape index (κ3) is 5.17. The molecule has 2 atom stereocenters. The van der Waals surface area contributed by atoms with Gasteiger partial charge in [0.15, 0.2) is 0 Å². The van der Waals surface area contributed by atoms with Crippen LogP contribution in [0.5, 0.6) is 0 Å². The minimum absolute atomic E-state index is 0.0212. The number of likely N-dealkylation sites (tertiary alicyclic amines) is 1. The van der Waals surface area contributed by atoms with Crippen molar-refractivity contribution in [3.8, 4) is 0 Å². The molecule has 0 radical (unpaired) electrons. The van der Waals surface area contributed by atoms with Gasteiger partial charge in [-0.25, -0.2) is 4.79 Å². The summed E-state index contributed by atoms with van der Waals surface area (Å²) in [6.07, 6.45) is 1.73. The standard InChI is InChI=1S/C14H25N3O4/c1-2-20-14(19)16-11-4-3-6-17(10-11)13(18)8-12-9-15-5-7-21-12/h11-12,15H,2-10H2,1H3,(H,16,19). The number of hydrogen-bond acceptors (Lipinski definition) is 5. The SMILES string of the molecule is CCOC(=O)NC1CCCN(C(=O)CC2CNCCO2)C1. The Labute approximate surface area is 125 Å². The first-order valence-corrected chi connectivity index (χ1v) is 7.72. The van der Waals surface area contributed by atoms with Crippen molar-refractivity contribution in [2.24, 2.45) is 0 Å². The Hall–Kier alpha value is -1.34. The van der Waals surface area contributed by atoms with Gasteiger partial charge >= 0.3 is 6.09 Å². The molecule has 0 aromatic heterocycles. The molecule has 0 bridgehead atoms. The normalized spacial score (nSPS) is 26.2. The highest BCUT2D eigenvalue weighted by Crippen LogP contribution is 2.13. The lowest BCUT2D eigenvalue weighted by atomic mass is 10.0. The number of amides is 2. The first-order chi connectivity index (χ1) is 10.2. The Morgan fingerprint density at radius 3 is 3.05 bits per heavy atom. The zero-order chi connectivity index (χ0) is 15.1. The summed E-state index contributed by atoms with van der Waals surface area (Å²) in [7, 11) is 0. The lowest BCUT2D eigenvalue weighted by molar-refractivity contribution is -0.136. The largest absolute Gasteiger partial charge is 0.450 e. The minimum Gasteiger partial charge on any atom is -0.450 e. The van der Waals surface area contributed by atoms with Gasteiger partial charge in [-0.2, -0.15) is 0 Å². The van der Waals surface area contributed by atoms with Crippen LogP contribution in [0.4, 0.5) is 4.79 Å². The van der Waals surface area contributed by atoms with Crippen LogP contribution < -0.4 is 10.6 Å². The molecule has 0 saturated carbocycles. The predicted octanol–water partition coefficient (Wildman–Crippen LogP) is 0.102. The number of carbonyl (C=O) groups is 2. The summed E-state index contributed by atoms with van der Waals surface area (Å²) in [5.74, 6) is 0.0964. The van der Waals surface area contributed by atoms with Crippen LogP contribution in [0, 0.1) is 0 Å². The van der Waals surface area contributed by atoms with E-state index in [0.717, 1.165) is 32.5 Å². The molecule has 2 aliphatic rings. The van der Waals surface area contributed by atoms with E-state index in [1.54, 1.807) is 6.92 Å². The van der Waals surface area contributed by atoms with Crippen molar-refractivity contribution in [1.82, 2.24) is 15.5 Å². The van der Waals surface area contributed by atoms with E-state index in [0.29, 0.717) is 26.2 Å². The van der Waals surface area contributed by atoms with Gasteiger partial charge in [-0.1, -0.05) is 0 Å². The van der Waals surface area contributed by atoms with E-state index < -0.39 is 6.09 Å². The molecule has 2 amide bonds. The van der Waals surface area contributed by atoms with Crippen molar-refractivity contribution >= 4 is 12.0 Å². The average molecular weight is 299 g/mol. The van der Waals surface area contributed by atoms with Gasteiger partial charge in [-0.3, -0.25) is 4.79 Å². The molecule has 2 aliphatic heterocycles. The number of morpholine rings is 1. The van der Waals surface area contributed by atoms with Crippen LogP contribution in [0.15, 0.2) is 0 Å². The number of piperidine rings is 1. The molecule has 2 unspecified atom stereocenters. The number of nitrogens with one attached hydrogen (secondary N) is 2. The Bertz CT molecular complexity index is 358. The Balaban J connectivity index is 1.76. The molecule has 0 spiro atoms. The second-order valence-corrected chi connectivity index (χ2v) is 5.44. The monoisotopic (exact) mass is 299 g/mol. The molecule has 2 N–H and O–H groups in total. The third-order valence-electron chi connectivity index (χ3n) is 3.78. The van der Waals surface area contributed by atoms with Crippen molar-refractivity contribution in [3.05, 3.63) is 0 Å². The summed E-state index contributed by atoms with van der Waals surface area (Å²) in [5, 5.41) is 6.03. The molecule has 7 nitrogen and oxygen atoms in total. The summed E-state index contributed by atoms with van der Waals surface area (Å²) in [5.41, 5.74) is 0. The maximum atomic E-state index is 12.3. The fraction of sp³-hybridized carbons (Fsp3) is 0.857. The molecule has 2 fully saturated rings. The Kier molecular flexibility index (Phi) is 6.25. The highest BCUT2D eigenvalue weighted by Gasteiger charge is 2.27. The average Bonchev–Trinajstić information content (AvgIpc) is 2.48. The van der Waals surface area contributed by atoms with Gasteiger partial charge in [0.05, 0.1) is 25.7 Å². The lowest BCUT2D eigenvalue weighted by Gasteiger charge is -2.34. The predicted molar refractivity (Wildman–Crippen MR) is 77.0 cm³/mol. The van der Waals surface area contributed by atoms with Crippen LogP contribution in [0.25, 0.3) is 0 Å². The van der Waals surface area contributed by atoms with Crippen LogP contribution in [0.2, 0.25) is 0 Å². The second-order valence-electron chi connectivity index (χ2n) is 5.44. The summed E-state index contributed by atoms with van der Waals surface area (Å²) >= 11 is 0. The van der Waals surface area contributed by atoms with Crippen molar-refractivity contribution in [2.75, 3.05) is 39.4 Å². The molecule has 0 aromatic carbocycles. The molecular formula is C14H25N3O4. The smallest absolute Gasteiger partial charge is 0.407 e. The second kappa shape index (κ2) is 8.19. The highest BCUT2D eigenvalue weighted by molar-refractivity contribution is 5.77. The zero-order valence-electron chi connectivity index (χ0n) is 12.6. The number of nitrogens with zero attached hydrogens (tertiary/aromatic N) is 1. The molecule has 2 rings (SSSR count). The first-order valence-electron chi connectivity index (χ1n) is 7.72. The van der Waals surface area contributed by atoms with Crippen molar-refractivity contribution in [1.29, 1.82) is 0 Å². The van der Waals surface area contributed by atoms with Crippen LogP contribution in [-0.4, -0.2) is 68.4 Å². The maximum Gasteiger partial charge on any atom is 0.407 e. The van der Waals surface area contributed by atoms with Crippen molar-refractivity contribution < 1.29 is 19.1 Å². The number of alkyl carbamates (subject to hydrolysis) is 1. The van der Waals surface area contributed by atoms with Crippen LogP contribution in [0.1, 0.15) is 26.2 Å². The molecule has 21 heavy (non-hydrogen) atoms. The van der Waals surface area contributed by atoms with E-state index in [1.807, 2.05) is 4.90 Å². The van der Waals surface area contributed by atoms with E-state index in [4.69, 9.17) is 9.47 Å². The molecule has 2 saturated heterocycles. The number of hydrogen-bond donors (Lipinski definition) is 2. The van der Waals surface area contributed by atoms with Gasteiger partial charge in [0, 0.05) is 32.2 Å². The molecule has 2 heterocycles. The summed E-state index contributed by atoms with van der Waals surface area (Å²) in [4.78, 5) is 25.6. The highest BCUT2D eigenvalue weighted by atomic mass is 16.5. The van der Waals surface area contributed by atoms with Gasteiger partial charge in [-0.05, 0) is 19.8 Å². The summed E-state index contributed by atoms with van der Waals surface area (Å²) in [6.45, 7) is 5.66. The van der Waals surface area contributed by atoms with Gasteiger partial charge in [0.1, 0.15) is 0 Å². The zero-order valence-corrected chi connectivity index (χ0v) is 12.6. The quantitative estimate of drug-likeness (QED) is 0.770. The first kappa shape index (κ1) is 16.0. The fourth-order valence-electron chi connectivity index (χ4n) is 2.74. The molecule has 0 aromatic rings. The van der Waals surface area contributed by atoms with Crippen molar-refractivity contribution in [2.45, 2.75) is 38.3 Å². The lowest BCUT2D eigenvalue weighted by Crippen LogP contribution is -2.51. The van der Waals surface area contributed by atoms with Crippen LogP contribution in [-0.2, 0) is 14.3 Å². The summed E-state index contributed by atoms with van der Waals surface area (Å²) < 4.78 is 10.4. The molecular weight excluding hydrogens is 274 g/mol. The number of carbonyl (C=O) groups excluding carboxylic acids is 2. The molecule has 120 valence electrons. The Morgan fingerprint density at radius 2 is 2.33 bits per heavy atom. The van der Waals surface area contributed by atoms with E-state index >= 15 is 0 Å². The van der Waals surface area contributed by atoms with Gasteiger partial charge in [-0.15, -0.1) is 0 Å². The van der Waals surface area contributed by atoms with Gasteiger partial charge < -0.3 is 25.0 Å². The molecule has 0 aliphatic carbocycles. The third-order valence-corrected chi connectivity index (χ3v) is 3.78. The number of ether oxygens (including phenoxy) is 2. The van der Waals surface area contributed by atoms with E-state index in [1.165, 1.54) is 0 Å². The minimum atomic E-state index is -0.406. The van der Waals surface area contributed by atoms with E-state index in [2.05, 4.69) is 10.6 Å². The van der Waals surface area contributed by atoms with E-state index in [9.17, 15) is 9.59 Å². The number of rotatable bonds is 4. The van der Waals surface area contributed by atoms with E-state index in [-0.39, 0.29) is 18.1 Å². The molecule has 7 heteroatoms. The fourth-order valence-corrected chi connectivity index (χ4v) is 2.74. The maximum absolute atomic E-state index is 12.3. The topological polar surface area (TPSA) is 79.9 Å². The Morgan fingerprint density at radius 1 is 1.48 bits per heavy atom. The van der Waals surface area contributed by atoms with Crippen LogP contribution >= 0.6 is 0 Å². The summed E-state index contributed by atoms with van der Waals surface area (Å²) in [6, 6.07) is -0.0212.